The average molecular weight is 273 g/mol. The van der Waals surface area contributed by atoms with Crippen LogP contribution < -0.4 is 5.32 Å². The summed E-state index contributed by atoms with van der Waals surface area (Å²) in [7, 11) is 0. The molecule has 1 N–H and O–H groups in total. The highest BCUT2D eigenvalue weighted by atomic mass is 32.1. The van der Waals surface area contributed by atoms with Gasteiger partial charge in [0, 0.05) is 48.2 Å². The zero-order chi connectivity index (χ0) is 13.2. The Balaban J connectivity index is 1.64. The number of fused-ring (bicyclic) bond motifs is 1. The molecule has 0 spiro atoms. The molecule has 0 atom stereocenters. The predicted octanol–water partition coefficient (Wildman–Crippen LogP) is 2.09. The highest BCUT2D eigenvalue weighted by molar-refractivity contribution is 7.11. The minimum Gasteiger partial charge on any atom is -0.308 e. The normalized spacial score (nSPS) is 11.3. The summed E-state index contributed by atoms with van der Waals surface area (Å²) in [6, 6.07) is 1.97. The molecule has 3 heterocycles. The van der Waals surface area contributed by atoms with Gasteiger partial charge in [-0.1, -0.05) is 0 Å². The molecule has 19 heavy (non-hydrogen) atoms. The number of thiazole rings is 1. The molecule has 6 heteroatoms. The zero-order valence-electron chi connectivity index (χ0n) is 10.9. The minimum absolute atomic E-state index is 0.777. The number of rotatable bonds is 4. The Hall–Kier alpha value is -1.79. The summed E-state index contributed by atoms with van der Waals surface area (Å²) in [4.78, 5) is 9.87. The van der Waals surface area contributed by atoms with Crippen LogP contribution in [0.5, 0.6) is 0 Å². The maximum Gasteiger partial charge on any atom is 0.155 e. The first-order chi connectivity index (χ1) is 9.20. The largest absolute Gasteiger partial charge is 0.308 e. The summed E-state index contributed by atoms with van der Waals surface area (Å²) in [6.45, 7) is 5.60. The van der Waals surface area contributed by atoms with Gasteiger partial charge in [0.2, 0.25) is 0 Å². The Morgan fingerprint density at radius 2 is 2.11 bits per heavy atom. The summed E-state index contributed by atoms with van der Waals surface area (Å²) >= 11 is 1.72. The fraction of sp³-hybridized carbons (Fsp3) is 0.308. The molecule has 0 unspecified atom stereocenters. The predicted molar refractivity (Wildman–Crippen MR) is 75.1 cm³/mol. The molecule has 5 nitrogen and oxygen atoms in total. The van der Waals surface area contributed by atoms with Gasteiger partial charge in [0.1, 0.15) is 0 Å². The van der Waals surface area contributed by atoms with E-state index < -0.39 is 0 Å². The van der Waals surface area contributed by atoms with Gasteiger partial charge in [0.15, 0.2) is 5.65 Å². The van der Waals surface area contributed by atoms with Crippen molar-refractivity contribution in [2.45, 2.75) is 26.9 Å². The van der Waals surface area contributed by atoms with Crippen LogP contribution in [-0.4, -0.2) is 19.6 Å². The summed E-state index contributed by atoms with van der Waals surface area (Å²) in [5.74, 6) is 0. The maximum atomic E-state index is 4.38. The van der Waals surface area contributed by atoms with Crippen LogP contribution in [0.25, 0.3) is 5.65 Å². The van der Waals surface area contributed by atoms with Crippen molar-refractivity contribution in [3.05, 3.63) is 45.8 Å². The lowest BCUT2D eigenvalue weighted by Crippen LogP contribution is -2.12. The van der Waals surface area contributed by atoms with Crippen molar-refractivity contribution in [2.75, 3.05) is 0 Å². The third-order valence-corrected chi connectivity index (χ3v) is 3.70. The summed E-state index contributed by atoms with van der Waals surface area (Å²) in [5.41, 5.74) is 2.99. The first-order valence-electron chi connectivity index (χ1n) is 6.13. The molecule has 3 aromatic rings. The lowest BCUT2D eigenvalue weighted by Gasteiger charge is -2.03. The highest BCUT2D eigenvalue weighted by Gasteiger charge is 2.01. The Morgan fingerprint density at radius 1 is 1.21 bits per heavy atom. The third-order valence-electron chi connectivity index (χ3n) is 2.79. The van der Waals surface area contributed by atoms with E-state index in [4.69, 9.17) is 0 Å². The molecule has 0 fully saturated rings. The minimum atomic E-state index is 0.777. The van der Waals surface area contributed by atoms with E-state index in [2.05, 4.69) is 20.4 Å². The van der Waals surface area contributed by atoms with E-state index in [-0.39, 0.29) is 0 Å². The first kappa shape index (κ1) is 12.3. The number of aryl methyl sites for hydroxylation is 2. The van der Waals surface area contributed by atoms with Crippen LogP contribution in [0, 0.1) is 13.8 Å². The Bertz CT molecular complexity index is 700. The van der Waals surface area contributed by atoms with Gasteiger partial charge in [-0.2, -0.15) is 5.10 Å². The fourth-order valence-corrected chi connectivity index (χ4v) is 2.71. The molecule has 3 rings (SSSR count). The lowest BCUT2D eigenvalue weighted by molar-refractivity contribution is 0.691. The van der Waals surface area contributed by atoms with Crippen molar-refractivity contribution < 1.29 is 0 Å². The van der Waals surface area contributed by atoms with Crippen LogP contribution in [-0.2, 0) is 13.1 Å². The lowest BCUT2D eigenvalue weighted by atomic mass is 10.3. The van der Waals surface area contributed by atoms with Gasteiger partial charge in [-0.15, -0.1) is 11.3 Å². The molecule has 0 aliphatic heterocycles. The van der Waals surface area contributed by atoms with Crippen molar-refractivity contribution in [1.29, 1.82) is 0 Å². The van der Waals surface area contributed by atoms with Gasteiger partial charge in [0.25, 0.3) is 0 Å². The number of nitrogens with one attached hydrogen (secondary N) is 1. The highest BCUT2D eigenvalue weighted by Crippen LogP contribution is 2.11. The van der Waals surface area contributed by atoms with Crippen LogP contribution in [0.4, 0.5) is 0 Å². The Labute approximate surface area is 115 Å². The quantitative estimate of drug-likeness (QED) is 0.791. The van der Waals surface area contributed by atoms with Crippen LogP contribution >= 0.6 is 11.3 Å². The van der Waals surface area contributed by atoms with Gasteiger partial charge in [-0.25, -0.2) is 14.5 Å². The molecule has 0 aromatic carbocycles. The maximum absolute atomic E-state index is 4.38. The van der Waals surface area contributed by atoms with Gasteiger partial charge < -0.3 is 5.32 Å². The van der Waals surface area contributed by atoms with Crippen LogP contribution in [0.15, 0.2) is 24.7 Å². The van der Waals surface area contributed by atoms with Crippen LogP contribution in [0.3, 0.4) is 0 Å². The van der Waals surface area contributed by atoms with Crippen molar-refractivity contribution in [1.82, 2.24) is 24.9 Å². The van der Waals surface area contributed by atoms with E-state index in [1.807, 2.05) is 43.0 Å². The molecule has 0 radical (unpaired) electrons. The number of aromatic nitrogens is 4. The number of nitrogens with zero attached hydrogens (tertiary/aromatic N) is 4. The SMILES string of the molecule is Cc1cc2ncc(CNCc3cnc(C)s3)cn2n1. The molecule has 98 valence electrons. The zero-order valence-corrected chi connectivity index (χ0v) is 11.7. The smallest absolute Gasteiger partial charge is 0.155 e. The van der Waals surface area contributed by atoms with Gasteiger partial charge >= 0.3 is 0 Å². The van der Waals surface area contributed by atoms with Crippen molar-refractivity contribution in [3.63, 3.8) is 0 Å². The second-order valence-corrected chi connectivity index (χ2v) is 5.82. The molecule has 0 amide bonds. The molecular weight excluding hydrogens is 258 g/mol. The number of hydrogen-bond donors (Lipinski definition) is 1. The Morgan fingerprint density at radius 3 is 2.89 bits per heavy atom. The third kappa shape index (κ3) is 2.80. The van der Waals surface area contributed by atoms with E-state index >= 15 is 0 Å². The molecule has 0 bridgehead atoms. The van der Waals surface area contributed by atoms with Gasteiger partial charge in [-0.3, -0.25) is 0 Å². The molecule has 0 aliphatic rings. The van der Waals surface area contributed by atoms with E-state index in [1.54, 1.807) is 11.3 Å². The summed E-state index contributed by atoms with van der Waals surface area (Å²) in [5, 5.41) is 8.86. The van der Waals surface area contributed by atoms with E-state index in [9.17, 15) is 0 Å². The average Bonchev–Trinajstić information content (AvgIpc) is 2.94. The fourth-order valence-electron chi connectivity index (χ4n) is 1.94. The van der Waals surface area contributed by atoms with Crippen molar-refractivity contribution >= 4 is 17.0 Å². The molecular formula is C13H15N5S. The van der Waals surface area contributed by atoms with Crippen molar-refractivity contribution in [2.24, 2.45) is 0 Å². The topological polar surface area (TPSA) is 55.1 Å². The van der Waals surface area contributed by atoms with E-state index in [0.717, 1.165) is 35.0 Å². The van der Waals surface area contributed by atoms with Crippen molar-refractivity contribution in [3.8, 4) is 0 Å². The van der Waals surface area contributed by atoms with Gasteiger partial charge in [-0.05, 0) is 13.8 Å². The second kappa shape index (κ2) is 5.07. The molecule has 0 saturated carbocycles. The van der Waals surface area contributed by atoms with Crippen LogP contribution in [0.1, 0.15) is 21.1 Å². The molecule has 0 saturated heterocycles. The monoisotopic (exact) mass is 273 g/mol. The summed E-state index contributed by atoms with van der Waals surface area (Å²) in [6.07, 6.45) is 5.83. The van der Waals surface area contributed by atoms with E-state index in [1.165, 1.54) is 4.88 Å². The molecule has 0 aliphatic carbocycles. The van der Waals surface area contributed by atoms with Crippen LogP contribution in [0.2, 0.25) is 0 Å². The molecule has 3 aromatic heterocycles. The number of hydrogen-bond acceptors (Lipinski definition) is 5. The van der Waals surface area contributed by atoms with Gasteiger partial charge in [0.05, 0.1) is 10.7 Å². The Kier molecular flexibility index (Phi) is 3.27. The van der Waals surface area contributed by atoms with E-state index in [0.29, 0.717) is 0 Å². The second-order valence-electron chi connectivity index (χ2n) is 4.50. The first-order valence-corrected chi connectivity index (χ1v) is 6.95. The summed E-state index contributed by atoms with van der Waals surface area (Å²) < 4.78 is 1.82. The standard InChI is InChI=1S/C13H15N5S/c1-9-3-13-16-5-11(8-18(13)17-9)4-14-6-12-7-15-10(2)19-12/h3,5,7-8,14H,4,6H2,1-2H3.